The standard InChI is InChI=1S/C19H21N3O4/c1-26-17(23)11-16(14-5-3-2-4-6-14)22-18(24)15-9-7-13(8-10-15)12-21-19(20)25/h2-10,16H,11-12H2,1H3,(H,22,24)(H3,20,21,25). The van der Waals surface area contributed by atoms with Crippen LogP contribution in [0.25, 0.3) is 0 Å². The van der Waals surface area contributed by atoms with Crippen LogP contribution in [-0.4, -0.2) is 25.0 Å². The summed E-state index contributed by atoms with van der Waals surface area (Å²) in [6, 6.07) is 14.9. The molecule has 0 radical (unpaired) electrons. The van der Waals surface area contributed by atoms with Crippen molar-refractivity contribution in [2.24, 2.45) is 5.73 Å². The smallest absolute Gasteiger partial charge is 0.312 e. The molecule has 0 heterocycles. The first-order valence-corrected chi connectivity index (χ1v) is 8.04. The van der Waals surface area contributed by atoms with Crippen molar-refractivity contribution in [3.8, 4) is 0 Å². The first-order chi connectivity index (χ1) is 12.5. The molecule has 1 unspecified atom stereocenters. The van der Waals surface area contributed by atoms with Crippen LogP contribution < -0.4 is 16.4 Å². The summed E-state index contributed by atoms with van der Waals surface area (Å²) in [6.07, 6.45) is 0.0346. The number of carbonyl (C=O) groups excluding carboxylic acids is 3. The van der Waals surface area contributed by atoms with Gasteiger partial charge in [0.2, 0.25) is 0 Å². The van der Waals surface area contributed by atoms with E-state index in [2.05, 4.69) is 10.6 Å². The Balaban J connectivity index is 2.08. The number of esters is 1. The molecule has 0 aromatic heterocycles. The van der Waals surface area contributed by atoms with Gasteiger partial charge in [-0.3, -0.25) is 9.59 Å². The normalized spacial score (nSPS) is 11.3. The second-order valence-corrected chi connectivity index (χ2v) is 5.63. The summed E-state index contributed by atoms with van der Waals surface area (Å²) in [5, 5.41) is 5.33. The molecule has 2 aromatic rings. The fourth-order valence-electron chi connectivity index (χ4n) is 2.39. The largest absolute Gasteiger partial charge is 0.469 e. The van der Waals surface area contributed by atoms with Crippen molar-refractivity contribution in [3.63, 3.8) is 0 Å². The van der Waals surface area contributed by atoms with Crippen LogP contribution in [0.3, 0.4) is 0 Å². The van der Waals surface area contributed by atoms with Gasteiger partial charge in [-0.15, -0.1) is 0 Å². The highest BCUT2D eigenvalue weighted by Gasteiger charge is 2.19. The van der Waals surface area contributed by atoms with Crippen LogP contribution in [0.1, 0.15) is 33.9 Å². The van der Waals surface area contributed by atoms with Crippen LogP contribution in [0.4, 0.5) is 4.79 Å². The van der Waals surface area contributed by atoms with Gasteiger partial charge in [0.15, 0.2) is 0 Å². The zero-order valence-corrected chi connectivity index (χ0v) is 14.4. The van der Waals surface area contributed by atoms with Crippen LogP contribution in [0.5, 0.6) is 0 Å². The van der Waals surface area contributed by atoms with E-state index in [1.165, 1.54) is 7.11 Å². The van der Waals surface area contributed by atoms with Crippen molar-refractivity contribution in [2.75, 3.05) is 7.11 Å². The maximum Gasteiger partial charge on any atom is 0.312 e. The van der Waals surface area contributed by atoms with Crippen LogP contribution >= 0.6 is 0 Å². The van der Waals surface area contributed by atoms with Crippen molar-refractivity contribution in [2.45, 2.75) is 19.0 Å². The van der Waals surface area contributed by atoms with Gasteiger partial charge in [-0.05, 0) is 23.3 Å². The molecule has 0 saturated heterocycles. The van der Waals surface area contributed by atoms with Gasteiger partial charge in [-0.25, -0.2) is 4.79 Å². The van der Waals surface area contributed by atoms with E-state index < -0.39 is 18.0 Å². The second-order valence-electron chi connectivity index (χ2n) is 5.63. The van der Waals surface area contributed by atoms with Gasteiger partial charge in [0.1, 0.15) is 0 Å². The number of carbonyl (C=O) groups is 3. The maximum absolute atomic E-state index is 12.5. The lowest BCUT2D eigenvalue weighted by atomic mass is 10.0. The number of ether oxygens (including phenoxy) is 1. The van der Waals surface area contributed by atoms with Crippen molar-refractivity contribution in [3.05, 3.63) is 71.3 Å². The summed E-state index contributed by atoms with van der Waals surface area (Å²) in [5.41, 5.74) is 7.10. The fourth-order valence-corrected chi connectivity index (χ4v) is 2.39. The lowest BCUT2D eigenvalue weighted by molar-refractivity contribution is -0.141. The zero-order valence-electron chi connectivity index (χ0n) is 14.4. The van der Waals surface area contributed by atoms with Crippen LogP contribution in [0.15, 0.2) is 54.6 Å². The molecule has 1 atom stereocenters. The highest BCUT2D eigenvalue weighted by atomic mass is 16.5. The Bertz CT molecular complexity index is 760. The van der Waals surface area contributed by atoms with Crippen LogP contribution in [0.2, 0.25) is 0 Å². The van der Waals surface area contributed by atoms with Crippen molar-refractivity contribution in [1.29, 1.82) is 0 Å². The number of benzene rings is 2. The zero-order chi connectivity index (χ0) is 18.9. The molecule has 0 saturated carbocycles. The average molecular weight is 355 g/mol. The molecule has 7 nitrogen and oxygen atoms in total. The van der Waals surface area contributed by atoms with E-state index in [0.717, 1.165) is 11.1 Å². The Morgan fingerprint density at radius 2 is 1.69 bits per heavy atom. The number of urea groups is 1. The Hall–Kier alpha value is -3.35. The van der Waals surface area contributed by atoms with E-state index in [0.29, 0.717) is 5.56 Å². The minimum absolute atomic E-state index is 0.0346. The summed E-state index contributed by atoms with van der Waals surface area (Å²) in [6.45, 7) is 0.284. The number of hydrogen-bond acceptors (Lipinski definition) is 4. The first kappa shape index (κ1) is 19.0. The summed E-state index contributed by atoms with van der Waals surface area (Å²) in [4.78, 5) is 34.9. The molecular weight excluding hydrogens is 334 g/mol. The first-order valence-electron chi connectivity index (χ1n) is 8.04. The van der Waals surface area contributed by atoms with Crippen molar-refractivity contribution >= 4 is 17.9 Å². The summed E-state index contributed by atoms with van der Waals surface area (Å²) >= 11 is 0. The maximum atomic E-state index is 12.5. The highest BCUT2D eigenvalue weighted by molar-refractivity contribution is 5.94. The third kappa shape index (κ3) is 5.62. The summed E-state index contributed by atoms with van der Waals surface area (Å²) in [7, 11) is 1.31. The molecule has 7 heteroatoms. The van der Waals surface area contributed by atoms with E-state index in [1.54, 1.807) is 24.3 Å². The lowest BCUT2D eigenvalue weighted by Crippen LogP contribution is -2.30. The van der Waals surface area contributed by atoms with E-state index in [-0.39, 0.29) is 18.9 Å². The number of nitrogens with one attached hydrogen (secondary N) is 2. The van der Waals surface area contributed by atoms with Gasteiger partial charge in [0, 0.05) is 12.1 Å². The summed E-state index contributed by atoms with van der Waals surface area (Å²) < 4.78 is 4.72. The van der Waals surface area contributed by atoms with E-state index in [9.17, 15) is 14.4 Å². The third-order valence-corrected chi connectivity index (χ3v) is 3.79. The van der Waals surface area contributed by atoms with Crippen molar-refractivity contribution < 1.29 is 19.1 Å². The molecule has 136 valence electrons. The van der Waals surface area contributed by atoms with Gasteiger partial charge in [0.25, 0.3) is 5.91 Å². The van der Waals surface area contributed by atoms with Gasteiger partial charge in [-0.2, -0.15) is 0 Å². The van der Waals surface area contributed by atoms with Crippen LogP contribution in [0, 0.1) is 0 Å². The number of primary amides is 1. The number of methoxy groups -OCH3 is 1. The number of amides is 3. The minimum Gasteiger partial charge on any atom is -0.469 e. The molecule has 0 fully saturated rings. The van der Waals surface area contributed by atoms with E-state index in [1.807, 2.05) is 30.3 Å². The average Bonchev–Trinajstić information content (AvgIpc) is 2.66. The third-order valence-electron chi connectivity index (χ3n) is 3.79. The molecule has 4 N–H and O–H groups in total. The number of rotatable bonds is 7. The van der Waals surface area contributed by atoms with Gasteiger partial charge in [-0.1, -0.05) is 42.5 Å². The predicted molar refractivity (Wildman–Crippen MR) is 96.1 cm³/mol. The van der Waals surface area contributed by atoms with Gasteiger partial charge < -0.3 is 21.1 Å². The quantitative estimate of drug-likeness (QED) is 0.659. The Morgan fingerprint density at radius 3 is 2.27 bits per heavy atom. The molecule has 3 amide bonds. The number of hydrogen-bond donors (Lipinski definition) is 3. The molecular formula is C19H21N3O4. The molecule has 0 spiro atoms. The van der Waals surface area contributed by atoms with Crippen LogP contribution in [-0.2, 0) is 16.1 Å². The Labute approximate surface area is 151 Å². The SMILES string of the molecule is COC(=O)CC(NC(=O)c1ccc(CNC(N)=O)cc1)c1ccccc1. The predicted octanol–water partition coefficient (Wildman–Crippen LogP) is 1.89. The monoisotopic (exact) mass is 355 g/mol. The highest BCUT2D eigenvalue weighted by Crippen LogP contribution is 2.18. The molecule has 0 aliphatic rings. The van der Waals surface area contributed by atoms with Gasteiger partial charge in [0.05, 0.1) is 19.6 Å². The topological polar surface area (TPSA) is 111 Å². The molecule has 2 aromatic carbocycles. The fraction of sp³-hybridized carbons (Fsp3) is 0.211. The molecule has 0 bridgehead atoms. The second kappa shape index (κ2) is 9.22. The van der Waals surface area contributed by atoms with Crippen molar-refractivity contribution in [1.82, 2.24) is 10.6 Å². The Morgan fingerprint density at radius 1 is 1.04 bits per heavy atom. The lowest BCUT2D eigenvalue weighted by Gasteiger charge is -2.18. The molecule has 0 aliphatic heterocycles. The van der Waals surface area contributed by atoms with E-state index >= 15 is 0 Å². The minimum atomic E-state index is -0.611. The van der Waals surface area contributed by atoms with E-state index in [4.69, 9.17) is 10.5 Å². The van der Waals surface area contributed by atoms with Gasteiger partial charge >= 0.3 is 12.0 Å². The Kier molecular flexibility index (Phi) is 6.73. The summed E-state index contributed by atoms with van der Waals surface area (Å²) in [5.74, 6) is -0.718. The molecule has 2 rings (SSSR count). The molecule has 26 heavy (non-hydrogen) atoms. The number of nitrogens with two attached hydrogens (primary N) is 1. The molecule has 0 aliphatic carbocycles.